The first-order valence-electron chi connectivity index (χ1n) is 12.5. The van der Waals surface area contributed by atoms with Gasteiger partial charge in [-0.1, -0.05) is 73.9 Å². The third kappa shape index (κ3) is 5.59. The second kappa shape index (κ2) is 11.9. The zero-order valence-electron chi connectivity index (χ0n) is 20.4. The number of halogens is 4. The van der Waals surface area contributed by atoms with Crippen molar-refractivity contribution in [3.05, 3.63) is 95.1 Å². The first-order valence-corrected chi connectivity index (χ1v) is 12.5. The summed E-state index contributed by atoms with van der Waals surface area (Å²) >= 11 is 0. The van der Waals surface area contributed by atoms with E-state index < -0.39 is 23.3 Å². The fraction of sp³-hybridized carbons (Fsp3) is 0.333. The lowest BCUT2D eigenvalue weighted by Crippen LogP contribution is -2.25. The van der Waals surface area contributed by atoms with Crippen LogP contribution in [0.4, 0.5) is 17.6 Å². The summed E-state index contributed by atoms with van der Waals surface area (Å²) in [4.78, 5) is 0. The summed E-state index contributed by atoms with van der Waals surface area (Å²) in [6.45, 7) is 2.32. The van der Waals surface area contributed by atoms with Crippen molar-refractivity contribution in [2.24, 2.45) is 0 Å². The van der Waals surface area contributed by atoms with Crippen molar-refractivity contribution in [3.8, 4) is 22.3 Å². The molecule has 0 aromatic heterocycles. The molecule has 4 rings (SSSR count). The maximum atomic E-state index is 15.0. The summed E-state index contributed by atoms with van der Waals surface area (Å²) in [6, 6.07) is 12.7. The van der Waals surface area contributed by atoms with E-state index in [1.807, 2.05) is 19.1 Å². The summed E-state index contributed by atoms with van der Waals surface area (Å²) in [5.41, 5.74) is 1.77. The molecular formula is C30H29BF4O. The van der Waals surface area contributed by atoms with Crippen molar-refractivity contribution < 1.29 is 22.3 Å². The molecule has 1 fully saturated rings. The first kappa shape index (κ1) is 26.2. The lowest BCUT2D eigenvalue weighted by Gasteiger charge is -2.29. The summed E-state index contributed by atoms with van der Waals surface area (Å²) in [5, 5.41) is 0. The van der Waals surface area contributed by atoms with Crippen molar-refractivity contribution in [1.82, 2.24) is 0 Å². The molecule has 2 atom stereocenters. The van der Waals surface area contributed by atoms with E-state index in [0.29, 0.717) is 60.9 Å². The van der Waals surface area contributed by atoms with Gasteiger partial charge >= 0.3 is 0 Å². The highest BCUT2D eigenvalue weighted by Gasteiger charge is 2.26. The Balaban J connectivity index is 1.53. The monoisotopic (exact) mass is 492 g/mol. The van der Waals surface area contributed by atoms with Crippen LogP contribution in [0, 0.1) is 23.3 Å². The van der Waals surface area contributed by atoms with E-state index >= 15 is 4.39 Å². The molecule has 0 bridgehead atoms. The van der Waals surface area contributed by atoms with Gasteiger partial charge < -0.3 is 4.74 Å². The van der Waals surface area contributed by atoms with Crippen molar-refractivity contribution >= 4 is 7.85 Å². The van der Waals surface area contributed by atoms with E-state index in [0.717, 1.165) is 6.42 Å². The molecule has 0 spiro atoms. The van der Waals surface area contributed by atoms with Crippen LogP contribution in [0.2, 0.25) is 6.32 Å². The molecule has 3 aromatic rings. The Labute approximate surface area is 211 Å². The topological polar surface area (TPSA) is 9.23 Å². The molecule has 2 unspecified atom stereocenters. The van der Waals surface area contributed by atoms with E-state index in [1.165, 1.54) is 0 Å². The predicted octanol–water partition coefficient (Wildman–Crippen LogP) is 8.33. The molecule has 0 amide bonds. The largest absolute Gasteiger partial charge is 0.378 e. The van der Waals surface area contributed by atoms with E-state index in [-0.39, 0.29) is 23.1 Å². The van der Waals surface area contributed by atoms with Crippen LogP contribution >= 0.6 is 0 Å². The second-order valence-electron chi connectivity index (χ2n) is 9.19. The fourth-order valence-corrected chi connectivity index (χ4v) is 4.70. The molecule has 1 aliphatic heterocycles. The third-order valence-corrected chi connectivity index (χ3v) is 6.84. The summed E-state index contributed by atoms with van der Waals surface area (Å²) in [5.74, 6) is -3.79. The Morgan fingerprint density at radius 3 is 2.03 bits per heavy atom. The van der Waals surface area contributed by atoms with Crippen LogP contribution in [0.25, 0.3) is 22.3 Å². The molecule has 36 heavy (non-hydrogen) atoms. The quantitative estimate of drug-likeness (QED) is 0.175. The van der Waals surface area contributed by atoms with Crippen molar-refractivity contribution in [3.63, 3.8) is 0 Å². The normalized spacial score (nSPS) is 18.1. The second-order valence-corrected chi connectivity index (χ2v) is 9.19. The highest BCUT2D eigenvalue weighted by atomic mass is 19.2. The highest BCUT2D eigenvalue weighted by molar-refractivity contribution is 6.08. The maximum absolute atomic E-state index is 15.0. The number of ether oxygens (including phenoxy) is 1. The molecule has 1 saturated heterocycles. The minimum absolute atomic E-state index is 0.0376. The molecule has 1 aliphatic rings. The van der Waals surface area contributed by atoms with Crippen molar-refractivity contribution in [1.29, 1.82) is 0 Å². The first-order chi connectivity index (χ1) is 17.4. The predicted molar refractivity (Wildman–Crippen MR) is 137 cm³/mol. The lowest BCUT2D eigenvalue weighted by atomic mass is 9.86. The zero-order chi connectivity index (χ0) is 25.7. The molecule has 0 saturated carbocycles. The van der Waals surface area contributed by atoms with Gasteiger partial charge in [-0.2, -0.15) is 0 Å². The third-order valence-electron chi connectivity index (χ3n) is 6.84. The summed E-state index contributed by atoms with van der Waals surface area (Å²) in [7, 11) is 5.62. The summed E-state index contributed by atoms with van der Waals surface area (Å²) in [6.07, 6.45) is 7.67. The van der Waals surface area contributed by atoms with Crippen LogP contribution in [0.3, 0.4) is 0 Å². The minimum Gasteiger partial charge on any atom is -0.378 e. The van der Waals surface area contributed by atoms with E-state index in [4.69, 9.17) is 12.6 Å². The van der Waals surface area contributed by atoms with Gasteiger partial charge in [0.1, 0.15) is 0 Å². The Morgan fingerprint density at radius 1 is 0.806 bits per heavy atom. The molecule has 186 valence electrons. The Morgan fingerprint density at radius 2 is 1.44 bits per heavy atom. The van der Waals surface area contributed by atoms with Crippen molar-refractivity contribution in [2.75, 3.05) is 6.61 Å². The number of allylic oxidation sites excluding steroid dienone is 2. The smallest absolute Gasteiger partial charge is 0.166 e. The molecule has 3 aromatic carbocycles. The number of hydrogen-bond acceptors (Lipinski definition) is 1. The lowest BCUT2D eigenvalue weighted by molar-refractivity contribution is 0.0151. The number of benzene rings is 3. The standard InChI is InChI=1S/C30H29BF4O/c1-2-3-4-5-6-21-12-14-24(28(33)27(21)32)19-7-9-20(10-8-19)25-15-16-26(30(35)29(25)34)22-11-13-23(17-31)36-18-22/h3-4,7-10,12,14-16,22-23H,2,5-6,11,13,17-18H2,1H3/b4-3+. The van der Waals surface area contributed by atoms with Crippen molar-refractivity contribution in [2.45, 2.75) is 57.4 Å². The molecule has 0 N–H and O–H groups in total. The molecular weight excluding hydrogens is 463 g/mol. The zero-order valence-corrected chi connectivity index (χ0v) is 20.4. The van der Waals surface area contributed by atoms with Crippen LogP contribution in [0.1, 0.15) is 49.7 Å². The number of aryl methyl sites for hydroxylation is 1. The van der Waals surface area contributed by atoms with Gasteiger partial charge in [0.2, 0.25) is 0 Å². The Bertz CT molecular complexity index is 1210. The average Bonchev–Trinajstić information content (AvgIpc) is 2.91. The van der Waals surface area contributed by atoms with E-state index in [1.54, 1.807) is 48.5 Å². The Kier molecular flexibility index (Phi) is 8.68. The van der Waals surface area contributed by atoms with Crippen LogP contribution in [-0.2, 0) is 11.2 Å². The van der Waals surface area contributed by atoms with Gasteiger partial charge in [0.05, 0.1) is 14.5 Å². The molecule has 2 radical (unpaired) electrons. The number of rotatable bonds is 8. The van der Waals surface area contributed by atoms with Gasteiger partial charge in [0.15, 0.2) is 23.3 Å². The van der Waals surface area contributed by atoms with Crippen LogP contribution in [-0.4, -0.2) is 20.6 Å². The van der Waals surface area contributed by atoms with Gasteiger partial charge in [-0.15, -0.1) is 0 Å². The van der Waals surface area contributed by atoms with Crippen LogP contribution in [0.5, 0.6) is 0 Å². The van der Waals surface area contributed by atoms with E-state index in [9.17, 15) is 13.2 Å². The maximum Gasteiger partial charge on any atom is 0.166 e. The molecule has 0 aliphatic carbocycles. The van der Waals surface area contributed by atoms with Crippen LogP contribution in [0.15, 0.2) is 60.7 Å². The molecule has 1 nitrogen and oxygen atoms in total. The SMILES string of the molecule is [B]CC1CCC(c2ccc(-c3ccc(-c4ccc(CC/C=C/CC)c(F)c4F)cc3)c(F)c2F)CO1. The fourth-order valence-electron chi connectivity index (χ4n) is 4.70. The average molecular weight is 492 g/mol. The van der Waals surface area contributed by atoms with Gasteiger partial charge in [-0.3, -0.25) is 0 Å². The van der Waals surface area contributed by atoms with Gasteiger partial charge in [0, 0.05) is 23.1 Å². The van der Waals surface area contributed by atoms with E-state index in [2.05, 4.69) is 0 Å². The van der Waals surface area contributed by atoms with Gasteiger partial charge in [0.25, 0.3) is 0 Å². The molecule has 6 heteroatoms. The number of hydrogen-bond donors (Lipinski definition) is 0. The van der Waals surface area contributed by atoms with Gasteiger partial charge in [-0.25, -0.2) is 17.6 Å². The van der Waals surface area contributed by atoms with Gasteiger partial charge in [-0.05, 0) is 54.4 Å². The molecule has 1 heterocycles. The highest BCUT2D eigenvalue weighted by Crippen LogP contribution is 2.35. The summed E-state index contributed by atoms with van der Waals surface area (Å²) < 4.78 is 65.1. The minimum atomic E-state index is -0.931. The Hall–Kier alpha value is -2.86. The van der Waals surface area contributed by atoms with Crippen LogP contribution < -0.4 is 0 Å².